The van der Waals surface area contributed by atoms with E-state index in [2.05, 4.69) is 22.4 Å². The van der Waals surface area contributed by atoms with Crippen LogP contribution in [0.15, 0.2) is 24.3 Å². The summed E-state index contributed by atoms with van der Waals surface area (Å²) >= 11 is 0. The maximum absolute atomic E-state index is 13.4. The van der Waals surface area contributed by atoms with E-state index in [-0.39, 0.29) is 41.7 Å². The van der Waals surface area contributed by atoms with Crippen LogP contribution in [0.5, 0.6) is 0 Å². The number of nitrogens with one attached hydrogen (secondary N) is 1. The molecule has 2 amide bonds. The second-order valence-electron chi connectivity index (χ2n) is 9.49. The molecule has 4 aliphatic rings. The fourth-order valence-electron chi connectivity index (χ4n) is 5.81. The predicted octanol–water partition coefficient (Wildman–Crippen LogP) is 1.06. The van der Waals surface area contributed by atoms with Gasteiger partial charge in [0, 0.05) is 57.3 Å². The Morgan fingerprint density at radius 2 is 1.81 bits per heavy atom. The molecule has 31 heavy (non-hydrogen) atoms. The lowest BCUT2D eigenvalue weighted by atomic mass is 9.78. The molecule has 1 aromatic carbocycles. The molecule has 8 heteroatoms. The molecule has 3 saturated heterocycles. The number of amides is 2. The minimum Gasteiger partial charge on any atom is -0.340 e. The van der Waals surface area contributed by atoms with Crippen LogP contribution in [-0.4, -0.2) is 89.4 Å². The number of hydrogen-bond acceptors (Lipinski definition) is 5. The number of nitrogens with zero attached hydrogens (tertiary/aromatic N) is 4. The van der Waals surface area contributed by atoms with Crippen molar-refractivity contribution in [3.63, 3.8) is 0 Å². The van der Waals surface area contributed by atoms with E-state index in [4.69, 9.17) is 0 Å². The molecule has 0 spiro atoms. The Labute approximate surface area is 183 Å². The number of carbonyl (C=O) groups excluding carboxylic acids is 2. The highest BCUT2D eigenvalue weighted by Crippen LogP contribution is 2.38. The van der Waals surface area contributed by atoms with E-state index in [1.807, 2.05) is 9.80 Å². The first-order chi connectivity index (χ1) is 15.0. The molecule has 0 radical (unpaired) electrons. The van der Waals surface area contributed by atoms with Crippen molar-refractivity contribution >= 4 is 11.8 Å². The second kappa shape index (κ2) is 8.48. The lowest BCUT2D eigenvalue weighted by Crippen LogP contribution is -2.68. The van der Waals surface area contributed by atoms with Crippen molar-refractivity contribution in [1.29, 1.82) is 0 Å². The Morgan fingerprint density at radius 3 is 2.55 bits per heavy atom. The fourth-order valence-corrected chi connectivity index (χ4v) is 5.81. The third kappa shape index (κ3) is 3.97. The normalized spacial score (nSPS) is 32.1. The van der Waals surface area contributed by atoms with E-state index >= 15 is 0 Å². The number of likely N-dealkylation sites (N-methyl/N-ethyl adjacent to an activating group) is 1. The molecule has 1 aromatic rings. The largest absolute Gasteiger partial charge is 0.340 e. The Morgan fingerprint density at radius 1 is 1.06 bits per heavy atom. The molecule has 4 atom stereocenters. The summed E-state index contributed by atoms with van der Waals surface area (Å²) in [7, 11) is 2.09. The first kappa shape index (κ1) is 20.8. The van der Waals surface area contributed by atoms with Crippen LogP contribution in [0.2, 0.25) is 0 Å². The minimum absolute atomic E-state index is 0.00503. The van der Waals surface area contributed by atoms with E-state index in [1.54, 1.807) is 12.1 Å². The SMILES string of the molecule is CN1CCN(C(=O)C2CCC3C(C2)N(Cc2ccc(F)cc2)C(=O)C2CCNN23)CC1. The van der Waals surface area contributed by atoms with Crippen LogP contribution in [0.25, 0.3) is 0 Å². The molecule has 1 aliphatic carbocycles. The van der Waals surface area contributed by atoms with Gasteiger partial charge >= 0.3 is 0 Å². The number of fused-ring (bicyclic) bond motifs is 3. The first-order valence-electron chi connectivity index (χ1n) is 11.6. The Kier molecular flexibility index (Phi) is 5.71. The summed E-state index contributed by atoms with van der Waals surface area (Å²) in [5, 5.41) is 2.17. The summed E-state index contributed by atoms with van der Waals surface area (Å²) < 4.78 is 13.4. The summed E-state index contributed by atoms with van der Waals surface area (Å²) in [6, 6.07) is 6.50. The molecule has 3 aliphatic heterocycles. The maximum atomic E-state index is 13.4. The summed E-state index contributed by atoms with van der Waals surface area (Å²) in [5.74, 6) is 0.0705. The molecule has 0 aromatic heterocycles. The van der Waals surface area contributed by atoms with E-state index in [9.17, 15) is 14.0 Å². The van der Waals surface area contributed by atoms with Gasteiger partial charge in [0.15, 0.2) is 0 Å². The van der Waals surface area contributed by atoms with Crippen LogP contribution in [0.4, 0.5) is 4.39 Å². The zero-order valence-electron chi connectivity index (χ0n) is 18.2. The zero-order chi connectivity index (χ0) is 21.5. The number of rotatable bonds is 3. The van der Waals surface area contributed by atoms with Crippen molar-refractivity contribution in [2.24, 2.45) is 5.92 Å². The number of benzene rings is 1. The molecule has 4 fully saturated rings. The quantitative estimate of drug-likeness (QED) is 0.779. The van der Waals surface area contributed by atoms with Crippen molar-refractivity contribution in [3.8, 4) is 0 Å². The van der Waals surface area contributed by atoms with Gasteiger partial charge in [-0.2, -0.15) is 0 Å². The Balaban J connectivity index is 1.36. The van der Waals surface area contributed by atoms with E-state index in [0.717, 1.165) is 57.5 Å². The van der Waals surface area contributed by atoms with Gasteiger partial charge in [0.2, 0.25) is 11.8 Å². The van der Waals surface area contributed by atoms with Crippen molar-refractivity contribution in [1.82, 2.24) is 25.1 Å². The van der Waals surface area contributed by atoms with Crippen LogP contribution in [0.1, 0.15) is 31.2 Å². The van der Waals surface area contributed by atoms with Crippen LogP contribution >= 0.6 is 0 Å². The van der Waals surface area contributed by atoms with Gasteiger partial charge in [-0.25, -0.2) is 9.40 Å². The molecule has 168 valence electrons. The van der Waals surface area contributed by atoms with E-state index < -0.39 is 0 Å². The predicted molar refractivity (Wildman–Crippen MR) is 114 cm³/mol. The molecule has 1 N–H and O–H groups in total. The topological polar surface area (TPSA) is 59.1 Å². The van der Waals surface area contributed by atoms with Crippen LogP contribution in [0, 0.1) is 11.7 Å². The standard InChI is InChI=1S/C23H32FN5O2/c1-26-10-12-27(13-11-26)22(30)17-4-7-19-21(14-17)28(15-16-2-5-18(24)6-3-16)23(31)20-8-9-25-29(19)20/h2-3,5-6,17,19-21,25H,4,7-15H2,1H3. The molecular formula is C23H32FN5O2. The van der Waals surface area contributed by atoms with Crippen LogP contribution in [0.3, 0.4) is 0 Å². The molecule has 7 nitrogen and oxygen atoms in total. The Hall–Kier alpha value is -2.03. The van der Waals surface area contributed by atoms with Gasteiger partial charge in [0.05, 0.1) is 0 Å². The summed E-state index contributed by atoms with van der Waals surface area (Å²) in [5.41, 5.74) is 4.36. The van der Waals surface area contributed by atoms with Crippen molar-refractivity contribution in [3.05, 3.63) is 35.6 Å². The van der Waals surface area contributed by atoms with E-state index in [0.29, 0.717) is 13.0 Å². The lowest BCUT2D eigenvalue weighted by Gasteiger charge is -2.52. The monoisotopic (exact) mass is 429 g/mol. The third-order valence-electron chi connectivity index (χ3n) is 7.59. The molecular weight excluding hydrogens is 397 g/mol. The van der Waals surface area contributed by atoms with Gasteiger partial charge in [-0.1, -0.05) is 12.1 Å². The summed E-state index contributed by atoms with van der Waals surface area (Å²) in [4.78, 5) is 32.9. The van der Waals surface area contributed by atoms with Gasteiger partial charge in [0.1, 0.15) is 11.9 Å². The number of hydrazine groups is 1. The highest BCUT2D eigenvalue weighted by atomic mass is 19.1. The fraction of sp³-hybridized carbons (Fsp3) is 0.652. The minimum atomic E-state index is -0.270. The van der Waals surface area contributed by atoms with Crippen molar-refractivity contribution in [2.75, 3.05) is 39.8 Å². The lowest BCUT2D eigenvalue weighted by molar-refractivity contribution is -0.159. The smallest absolute Gasteiger partial charge is 0.242 e. The second-order valence-corrected chi connectivity index (χ2v) is 9.49. The van der Waals surface area contributed by atoms with Crippen LogP contribution in [-0.2, 0) is 16.1 Å². The average Bonchev–Trinajstić information content (AvgIpc) is 3.28. The summed E-state index contributed by atoms with van der Waals surface area (Å²) in [6.45, 7) is 4.69. The number of carbonyl (C=O) groups is 2. The first-order valence-corrected chi connectivity index (χ1v) is 11.6. The molecule has 3 heterocycles. The third-order valence-corrected chi connectivity index (χ3v) is 7.59. The van der Waals surface area contributed by atoms with Gasteiger partial charge in [0.25, 0.3) is 0 Å². The van der Waals surface area contributed by atoms with E-state index in [1.165, 1.54) is 12.1 Å². The van der Waals surface area contributed by atoms with Gasteiger partial charge < -0.3 is 14.7 Å². The number of hydrogen-bond donors (Lipinski definition) is 1. The number of piperazine rings is 2. The molecule has 4 unspecified atom stereocenters. The van der Waals surface area contributed by atoms with Crippen molar-refractivity contribution in [2.45, 2.75) is 50.4 Å². The molecule has 1 saturated carbocycles. The highest BCUT2D eigenvalue weighted by molar-refractivity contribution is 5.84. The zero-order valence-corrected chi connectivity index (χ0v) is 18.2. The average molecular weight is 430 g/mol. The maximum Gasteiger partial charge on any atom is 0.242 e. The van der Waals surface area contributed by atoms with Gasteiger partial charge in [-0.05, 0) is 50.4 Å². The molecule has 5 rings (SSSR count). The summed E-state index contributed by atoms with van der Waals surface area (Å²) in [6.07, 6.45) is 3.29. The number of halogens is 1. The van der Waals surface area contributed by atoms with Gasteiger partial charge in [-0.3, -0.25) is 15.0 Å². The van der Waals surface area contributed by atoms with Crippen LogP contribution < -0.4 is 5.43 Å². The highest BCUT2D eigenvalue weighted by Gasteiger charge is 2.51. The molecule has 0 bridgehead atoms. The van der Waals surface area contributed by atoms with Gasteiger partial charge in [-0.15, -0.1) is 0 Å². The Bertz CT molecular complexity index is 826. The van der Waals surface area contributed by atoms with Crippen molar-refractivity contribution < 1.29 is 14.0 Å².